The molecule has 2 aromatic heterocycles. The van der Waals surface area contributed by atoms with Crippen LogP contribution in [0.25, 0.3) is 11.2 Å². The Morgan fingerprint density at radius 2 is 1.70 bits per heavy atom. The standard InChI is InChI=1S/C15H22N4O4/c1-15(2,3)23-10(20)8-7-9-16-12-11(17(9)4)13(21)19(6)14(22)18(12)5/h7-8H2,1-6H3. The first-order chi connectivity index (χ1) is 10.5. The van der Waals surface area contributed by atoms with E-state index in [9.17, 15) is 14.4 Å². The molecule has 0 fully saturated rings. The van der Waals surface area contributed by atoms with Crippen LogP contribution in [0.15, 0.2) is 9.59 Å². The van der Waals surface area contributed by atoms with Gasteiger partial charge in [-0.25, -0.2) is 9.78 Å². The van der Waals surface area contributed by atoms with Gasteiger partial charge in [0.25, 0.3) is 5.56 Å². The number of imidazole rings is 1. The fourth-order valence-corrected chi connectivity index (χ4v) is 2.39. The van der Waals surface area contributed by atoms with Crippen molar-refractivity contribution in [3.63, 3.8) is 0 Å². The Bertz CT molecular complexity index is 880. The predicted molar refractivity (Wildman–Crippen MR) is 85.4 cm³/mol. The smallest absolute Gasteiger partial charge is 0.332 e. The maximum absolute atomic E-state index is 12.3. The number of esters is 1. The number of fused-ring (bicyclic) bond motifs is 1. The zero-order chi connectivity index (χ0) is 17.5. The number of aryl methyl sites for hydroxylation is 3. The molecule has 0 N–H and O–H groups in total. The van der Waals surface area contributed by atoms with Gasteiger partial charge in [0.1, 0.15) is 11.4 Å². The van der Waals surface area contributed by atoms with E-state index in [1.807, 2.05) is 0 Å². The lowest BCUT2D eigenvalue weighted by Gasteiger charge is -2.19. The van der Waals surface area contributed by atoms with Gasteiger partial charge in [0.15, 0.2) is 11.2 Å². The van der Waals surface area contributed by atoms with Gasteiger partial charge in [-0.1, -0.05) is 0 Å². The van der Waals surface area contributed by atoms with Crippen molar-refractivity contribution in [2.45, 2.75) is 39.2 Å². The molecule has 0 radical (unpaired) electrons. The molecule has 0 saturated carbocycles. The fourth-order valence-electron chi connectivity index (χ4n) is 2.39. The molecule has 8 heteroatoms. The average molecular weight is 322 g/mol. The van der Waals surface area contributed by atoms with Crippen LogP contribution >= 0.6 is 0 Å². The number of carbonyl (C=O) groups is 1. The summed E-state index contributed by atoms with van der Waals surface area (Å²) in [6, 6.07) is 0. The maximum atomic E-state index is 12.3. The fraction of sp³-hybridized carbons (Fsp3) is 0.600. The van der Waals surface area contributed by atoms with Crippen LogP contribution in [-0.4, -0.2) is 30.3 Å². The molecule has 0 aliphatic heterocycles. The van der Waals surface area contributed by atoms with Gasteiger partial charge in [0.2, 0.25) is 0 Å². The van der Waals surface area contributed by atoms with Gasteiger partial charge < -0.3 is 9.30 Å². The first kappa shape index (κ1) is 17.0. The Labute approximate surface area is 133 Å². The molecule has 23 heavy (non-hydrogen) atoms. The van der Waals surface area contributed by atoms with Crippen molar-refractivity contribution in [1.82, 2.24) is 18.7 Å². The Morgan fingerprint density at radius 3 is 2.26 bits per heavy atom. The molecule has 0 spiro atoms. The second-order valence-electron chi connectivity index (χ2n) is 6.55. The number of hydrogen-bond acceptors (Lipinski definition) is 5. The van der Waals surface area contributed by atoms with Gasteiger partial charge in [-0.05, 0) is 20.8 Å². The van der Waals surface area contributed by atoms with Gasteiger partial charge in [-0.2, -0.15) is 0 Å². The molecule has 8 nitrogen and oxygen atoms in total. The van der Waals surface area contributed by atoms with Crippen LogP contribution in [0, 0.1) is 0 Å². The second-order valence-corrected chi connectivity index (χ2v) is 6.55. The van der Waals surface area contributed by atoms with E-state index < -0.39 is 16.9 Å². The molecule has 0 unspecified atom stereocenters. The molecular weight excluding hydrogens is 300 g/mol. The summed E-state index contributed by atoms with van der Waals surface area (Å²) in [7, 11) is 4.69. The van der Waals surface area contributed by atoms with Crippen molar-refractivity contribution >= 4 is 17.1 Å². The van der Waals surface area contributed by atoms with Gasteiger partial charge in [0.05, 0.1) is 6.42 Å². The Morgan fingerprint density at radius 1 is 1.09 bits per heavy atom. The summed E-state index contributed by atoms with van der Waals surface area (Å²) in [5, 5.41) is 0. The molecule has 0 saturated heterocycles. The summed E-state index contributed by atoms with van der Waals surface area (Å²) in [5.41, 5.74) is -0.710. The Hall–Kier alpha value is -2.38. The molecular formula is C15H22N4O4. The number of carbonyl (C=O) groups excluding carboxylic acids is 1. The molecule has 0 amide bonds. The third-order valence-electron chi connectivity index (χ3n) is 3.54. The van der Waals surface area contributed by atoms with Crippen LogP contribution in [0.3, 0.4) is 0 Å². The highest BCUT2D eigenvalue weighted by Gasteiger charge is 2.19. The molecule has 0 bridgehead atoms. The van der Waals surface area contributed by atoms with Crippen molar-refractivity contribution in [3.05, 3.63) is 26.7 Å². The highest BCUT2D eigenvalue weighted by Crippen LogP contribution is 2.13. The summed E-state index contributed by atoms with van der Waals surface area (Å²) < 4.78 is 9.26. The first-order valence-corrected chi connectivity index (χ1v) is 7.36. The number of hydrogen-bond donors (Lipinski definition) is 0. The quantitative estimate of drug-likeness (QED) is 0.756. The Balaban J connectivity index is 2.37. The third-order valence-corrected chi connectivity index (χ3v) is 3.54. The van der Waals surface area contributed by atoms with E-state index in [0.29, 0.717) is 23.4 Å². The SMILES string of the molecule is Cn1c(=O)c2c(nc(CCC(=O)OC(C)(C)C)n2C)n(C)c1=O. The predicted octanol–water partition coefficient (Wildman–Crippen LogP) is 0.245. The van der Waals surface area contributed by atoms with Gasteiger partial charge >= 0.3 is 11.7 Å². The summed E-state index contributed by atoms with van der Waals surface area (Å²) in [4.78, 5) is 40.4. The first-order valence-electron chi connectivity index (χ1n) is 7.36. The van der Waals surface area contributed by atoms with Gasteiger partial charge in [-0.3, -0.25) is 18.7 Å². The lowest BCUT2D eigenvalue weighted by molar-refractivity contribution is -0.154. The van der Waals surface area contributed by atoms with Crippen molar-refractivity contribution in [1.29, 1.82) is 0 Å². The summed E-state index contributed by atoms with van der Waals surface area (Å²) >= 11 is 0. The van der Waals surface area contributed by atoms with Crippen LogP contribution in [0.4, 0.5) is 0 Å². The van der Waals surface area contributed by atoms with E-state index >= 15 is 0 Å². The van der Waals surface area contributed by atoms with Crippen LogP contribution in [-0.2, 0) is 37.1 Å². The van der Waals surface area contributed by atoms with Crippen LogP contribution < -0.4 is 11.2 Å². The van der Waals surface area contributed by atoms with Crippen LogP contribution in [0.5, 0.6) is 0 Å². The molecule has 0 aromatic carbocycles. The second kappa shape index (κ2) is 5.68. The van der Waals surface area contributed by atoms with E-state index in [0.717, 1.165) is 4.57 Å². The molecule has 126 valence electrons. The zero-order valence-corrected chi connectivity index (χ0v) is 14.3. The number of aromatic nitrogens is 4. The maximum Gasteiger partial charge on any atom is 0.332 e. The van der Waals surface area contributed by atoms with Crippen molar-refractivity contribution in [2.75, 3.05) is 0 Å². The van der Waals surface area contributed by atoms with E-state index in [1.165, 1.54) is 11.6 Å². The largest absolute Gasteiger partial charge is 0.460 e. The lowest BCUT2D eigenvalue weighted by Crippen LogP contribution is -2.37. The third kappa shape index (κ3) is 3.20. The van der Waals surface area contributed by atoms with E-state index in [1.54, 1.807) is 39.4 Å². The van der Waals surface area contributed by atoms with Crippen molar-refractivity contribution in [2.24, 2.45) is 21.1 Å². The normalized spacial score (nSPS) is 11.9. The Kier molecular flexibility index (Phi) is 4.19. The molecule has 2 aromatic rings. The van der Waals surface area contributed by atoms with Crippen LogP contribution in [0.1, 0.15) is 33.0 Å². The highest BCUT2D eigenvalue weighted by atomic mass is 16.6. The van der Waals surface area contributed by atoms with Crippen molar-refractivity contribution < 1.29 is 9.53 Å². The average Bonchev–Trinajstić information content (AvgIpc) is 2.76. The molecule has 0 atom stereocenters. The minimum Gasteiger partial charge on any atom is -0.460 e. The highest BCUT2D eigenvalue weighted by molar-refractivity contribution is 5.72. The topological polar surface area (TPSA) is 88.1 Å². The molecule has 2 rings (SSSR count). The zero-order valence-electron chi connectivity index (χ0n) is 14.3. The molecule has 0 aliphatic carbocycles. The summed E-state index contributed by atoms with van der Waals surface area (Å²) in [5.74, 6) is 0.232. The minimum absolute atomic E-state index is 0.155. The number of ether oxygens (including phenoxy) is 1. The lowest BCUT2D eigenvalue weighted by atomic mass is 10.2. The summed E-state index contributed by atoms with van der Waals surface area (Å²) in [6.07, 6.45) is 0.486. The minimum atomic E-state index is -0.538. The van der Waals surface area contributed by atoms with Crippen molar-refractivity contribution in [3.8, 4) is 0 Å². The number of rotatable bonds is 3. The molecule has 2 heterocycles. The van der Waals surface area contributed by atoms with Crippen LogP contribution in [0.2, 0.25) is 0 Å². The molecule has 0 aliphatic rings. The number of nitrogens with zero attached hydrogens (tertiary/aromatic N) is 4. The van der Waals surface area contributed by atoms with Gasteiger partial charge in [-0.15, -0.1) is 0 Å². The van der Waals surface area contributed by atoms with E-state index in [-0.39, 0.29) is 12.4 Å². The van der Waals surface area contributed by atoms with E-state index in [4.69, 9.17) is 4.74 Å². The monoisotopic (exact) mass is 322 g/mol. The van der Waals surface area contributed by atoms with Gasteiger partial charge in [0, 0.05) is 27.6 Å². The van der Waals surface area contributed by atoms with E-state index in [2.05, 4.69) is 4.98 Å². The summed E-state index contributed by atoms with van der Waals surface area (Å²) in [6.45, 7) is 5.42.